The van der Waals surface area contributed by atoms with Crippen LogP contribution in [-0.2, 0) is 4.79 Å². The molecule has 1 unspecified atom stereocenters. The van der Waals surface area contributed by atoms with Crippen molar-refractivity contribution in [3.63, 3.8) is 0 Å². The van der Waals surface area contributed by atoms with Gasteiger partial charge in [0.2, 0.25) is 0 Å². The largest absolute Gasteiger partial charge is 0.481 e. The maximum atomic E-state index is 10.5. The maximum absolute atomic E-state index is 10.5. The van der Waals surface area contributed by atoms with Gasteiger partial charge in [0.05, 0.1) is 11.4 Å². The number of hydrogen-bond acceptors (Lipinski definition) is 2. The first-order chi connectivity index (χ1) is 6.52. The zero-order chi connectivity index (χ0) is 10.7. The molecule has 0 aromatic heterocycles. The first-order valence-corrected chi connectivity index (χ1v) is 5.39. The SMILES string of the molecule is NC(CC(=O)O)c1cccc(I)c1Cl. The van der Waals surface area contributed by atoms with Crippen molar-refractivity contribution >= 4 is 40.2 Å². The summed E-state index contributed by atoms with van der Waals surface area (Å²) in [6, 6.07) is 4.86. The number of rotatable bonds is 3. The molecule has 0 aliphatic heterocycles. The summed E-state index contributed by atoms with van der Waals surface area (Å²) in [5.41, 5.74) is 6.38. The maximum Gasteiger partial charge on any atom is 0.305 e. The van der Waals surface area contributed by atoms with E-state index in [0.29, 0.717) is 10.6 Å². The minimum atomic E-state index is -0.924. The van der Waals surface area contributed by atoms with Gasteiger partial charge in [-0.1, -0.05) is 23.7 Å². The van der Waals surface area contributed by atoms with Crippen molar-refractivity contribution in [3.05, 3.63) is 32.4 Å². The molecule has 0 aliphatic carbocycles. The quantitative estimate of drug-likeness (QED) is 0.839. The molecule has 1 aromatic rings. The van der Waals surface area contributed by atoms with Crippen LogP contribution in [0.25, 0.3) is 0 Å². The van der Waals surface area contributed by atoms with Crippen molar-refractivity contribution in [2.75, 3.05) is 0 Å². The average Bonchev–Trinajstić information content (AvgIpc) is 2.08. The summed E-state index contributed by atoms with van der Waals surface area (Å²) in [7, 11) is 0. The molecular weight excluding hydrogens is 316 g/mol. The zero-order valence-electron chi connectivity index (χ0n) is 7.21. The van der Waals surface area contributed by atoms with E-state index < -0.39 is 12.0 Å². The Morgan fingerprint density at radius 3 is 2.86 bits per heavy atom. The number of hydrogen-bond donors (Lipinski definition) is 2. The number of carboxylic acid groups (broad SMARTS) is 1. The zero-order valence-corrected chi connectivity index (χ0v) is 10.1. The van der Waals surface area contributed by atoms with Crippen LogP contribution in [0.1, 0.15) is 18.0 Å². The number of nitrogens with two attached hydrogens (primary N) is 1. The van der Waals surface area contributed by atoms with Gasteiger partial charge in [-0.05, 0) is 34.2 Å². The van der Waals surface area contributed by atoms with Crippen LogP contribution < -0.4 is 5.73 Å². The molecule has 0 aliphatic rings. The average molecular weight is 326 g/mol. The number of carbonyl (C=O) groups is 1. The molecule has 0 spiro atoms. The van der Waals surface area contributed by atoms with Crippen LogP contribution in [-0.4, -0.2) is 11.1 Å². The molecule has 3 N–H and O–H groups in total. The second-order valence-corrected chi connectivity index (χ2v) is 4.39. The monoisotopic (exact) mass is 325 g/mol. The Morgan fingerprint density at radius 2 is 2.29 bits per heavy atom. The van der Waals surface area contributed by atoms with Crippen LogP contribution in [0.15, 0.2) is 18.2 Å². The first kappa shape index (κ1) is 11.7. The molecule has 0 radical (unpaired) electrons. The lowest BCUT2D eigenvalue weighted by Gasteiger charge is -2.11. The van der Waals surface area contributed by atoms with E-state index in [-0.39, 0.29) is 6.42 Å². The van der Waals surface area contributed by atoms with Crippen molar-refractivity contribution in [1.29, 1.82) is 0 Å². The Hall–Kier alpha value is -0.330. The molecule has 1 rings (SSSR count). The lowest BCUT2D eigenvalue weighted by molar-refractivity contribution is -0.137. The molecule has 1 aromatic carbocycles. The smallest absolute Gasteiger partial charge is 0.305 e. The third-order valence-corrected chi connectivity index (χ3v) is 3.42. The van der Waals surface area contributed by atoms with Gasteiger partial charge in [-0.3, -0.25) is 4.79 Å². The van der Waals surface area contributed by atoms with E-state index in [1.54, 1.807) is 6.07 Å². The molecule has 5 heteroatoms. The summed E-state index contributed by atoms with van der Waals surface area (Å²) in [6.07, 6.45) is -0.111. The van der Waals surface area contributed by atoms with Gasteiger partial charge >= 0.3 is 5.97 Å². The second kappa shape index (κ2) is 4.95. The third kappa shape index (κ3) is 2.83. The highest BCUT2D eigenvalue weighted by Crippen LogP contribution is 2.27. The van der Waals surface area contributed by atoms with Crippen LogP contribution in [0.2, 0.25) is 5.02 Å². The molecule has 0 saturated carbocycles. The molecule has 0 fully saturated rings. The van der Waals surface area contributed by atoms with Gasteiger partial charge in [-0.15, -0.1) is 0 Å². The van der Waals surface area contributed by atoms with Gasteiger partial charge in [0, 0.05) is 9.61 Å². The molecule has 0 heterocycles. The van der Waals surface area contributed by atoms with Gasteiger partial charge in [-0.25, -0.2) is 0 Å². The summed E-state index contributed by atoms with van der Waals surface area (Å²) < 4.78 is 0.877. The van der Waals surface area contributed by atoms with Crippen LogP contribution in [0.3, 0.4) is 0 Å². The van der Waals surface area contributed by atoms with Crippen LogP contribution >= 0.6 is 34.2 Å². The van der Waals surface area contributed by atoms with E-state index in [4.69, 9.17) is 22.4 Å². The van der Waals surface area contributed by atoms with E-state index >= 15 is 0 Å². The fourth-order valence-corrected chi connectivity index (χ4v) is 1.89. The predicted octanol–water partition coefficient (Wildman–Crippen LogP) is 2.42. The van der Waals surface area contributed by atoms with E-state index in [2.05, 4.69) is 22.6 Å². The Labute approximate surface area is 100 Å². The molecule has 3 nitrogen and oxygen atoms in total. The van der Waals surface area contributed by atoms with Crippen molar-refractivity contribution in [2.24, 2.45) is 5.73 Å². The van der Waals surface area contributed by atoms with Gasteiger partial charge in [-0.2, -0.15) is 0 Å². The van der Waals surface area contributed by atoms with Gasteiger partial charge in [0.1, 0.15) is 0 Å². The Balaban J connectivity index is 2.95. The third-order valence-electron chi connectivity index (χ3n) is 1.78. The standard InChI is InChI=1S/C9H9ClINO2/c10-9-5(2-1-3-6(9)11)7(12)4-8(13)14/h1-3,7H,4,12H2,(H,13,14). The highest BCUT2D eigenvalue weighted by atomic mass is 127. The van der Waals surface area contributed by atoms with Crippen LogP contribution in [0.4, 0.5) is 0 Å². The molecular formula is C9H9ClINO2. The van der Waals surface area contributed by atoms with E-state index in [9.17, 15) is 4.79 Å². The van der Waals surface area contributed by atoms with Gasteiger partial charge in [0.25, 0.3) is 0 Å². The Bertz CT molecular complexity index is 357. The summed E-state index contributed by atoms with van der Waals surface area (Å²) in [5.74, 6) is -0.924. The number of aliphatic carboxylic acids is 1. The topological polar surface area (TPSA) is 63.3 Å². The minimum Gasteiger partial charge on any atom is -0.481 e. The first-order valence-electron chi connectivity index (χ1n) is 3.93. The van der Waals surface area contributed by atoms with Gasteiger partial charge in [0.15, 0.2) is 0 Å². The summed E-state index contributed by atoms with van der Waals surface area (Å²) in [5, 5.41) is 9.12. The van der Waals surface area contributed by atoms with Crippen molar-refractivity contribution in [2.45, 2.75) is 12.5 Å². The van der Waals surface area contributed by atoms with Crippen molar-refractivity contribution in [1.82, 2.24) is 0 Å². The molecule has 0 saturated heterocycles. The van der Waals surface area contributed by atoms with E-state index in [0.717, 1.165) is 3.57 Å². The highest BCUT2D eigenvalue weighted by molar-refractivity contribution is 14.1. The lowest BCUT2D eigenvalue weighted by atomic mass is 10.1. The highest BCUT2D eigenvalue weighted by Gasteiger charge is 2.14. The molecule has 0 amide bonds. The molecule has 76 valence electrons. The summed E-state index contributed by atoms with van der Waals surface area (Å²) in [4.78, 5) is 10.5. The van der Waals surface area contributed by atoms with E-state index in [1.165, 1.54) is 0 Å². The Kier molecular flexibility index (Phi) is 4.15. The lowest BCUT2D eigenvalue weighted by Crippen LogP contribution is -2.15. The molecule has 14 heavy (non-hydrogen) atoms. The second-order valence-electron chi connectivity index (χ2n) is 2.85. The fourth-order valence-electron chi connectivity index (χ4n) is 1.10. The van der Waals surface area contributed by atoms with Gasteiger partial charge < -0.3 is 10.8 Å². The van der Waals surface area contributed by atoms with E-state index in [1.807, 2.05) is 12.1 Å². The fraction of sp³-hybridized carbons (Fsp3) is 0.222. The minimum absolute atomic E-state index is 0.111. The van der Waals surface area contributed by atoms with Crippen molar-refractivity contribution in [3.8, 4) is 0 Å². The summed E-state index contributed by atoms with van der Waals surface area (Å²) >= 11 is 8.07. The van der Waals surface area contributed by atoms with Crippen molar-refractivity contribution < 1.29 is 9.90 Å². The number of halogens is 2. The normalized spacial score (nSPS) is 12.5. The number of benzene rings is 1. The molecule has 0 bridgehead atoms. The Morgan fingerprint density at radius 1 is 1.64 bits per heavy atom. The molecule has 1 atom stereocenters. The summed E-state index contributed by atoms with van der Waals surface area (Å²) in [6.45, 7) is 0. The van der Waals surface area contributed by atoms with Crippen LogP contribution in [0, 0.1) is 3.57 Å². The van der Waals surface area contributed by atoms with Crippen LogP contribution in [0.5, 0.6) is 0 Å². The number of carboxylic acids is 1. The predicted molar refractivity (Wildman–Crippen MR) is 63.4 cm³/mol.